The number of nitrogens with zero attached hydrogens (tertiary/aromatic N) is 5. The van der Waals surface area contributed by atoms with Crippen LogP contribution >= 0.6 is 0 Å². The molecule has 0 radical (unpaired) electrons. The Hall–Kier alpha value is -5.63. The molecular formula is C36H42N10O4. The molecule has 2 heterocycles. The van der Waals surface area contributed by atoms with Gasteiger partial charge in [0, 0.05) is 18.0 Å². The summed E-state index contributed by atoms with van der Waals surface area (Å²) in [4.78, 5) is 41.6. The first kappa shape index (κ1) is 34.2. The molecule has 14 heteroatoms. The normalized spacial score (nSPS) is 16.9. The molecule has 0 aliphatic heterocycles. The Kier molecular flexibility index (Phi) is 9.90. The lowest BCUT2D eigenvalue weighted by Gasteiger charge is -2.32. The first-order valence-electron chi connectivity index (χ1n) is 16.7. The number of aromatic amines is 2. The summed E-state index contributed by atoms with van der Waals surface area (Å²) in [6.07, 6.45) is 2.37. The van der Waals surface area contributed by atoms with Crippen LogP contribution in [0.15, 0.2) is 66.7 Å². The summed E-state index contributed by atoms with van der Waals surface area (Å²) in [5.41, 5.74) is 16.8. The van der Waals surface area contributed by atoms with E-state index in [1.54, 1.807) is 24.3 Å². The molecular weight excluding hydrogens is 636 g/mol. The van der Waals surface area contributed by atoms with Gasteiger partial charge in [0.1, 0.15) is 5.60 Å². The number of nitrogens with two attached hydrogens (primary N) is 2. The molecule has 0 unspecified atom stereocenters. The van der Waals surface area contributed by atoms with Gasteiger partial charge in [-0.2, -0.15) is 10.3 Å². The van der Waals surface area contributed by atoms with Crippen LogP contribution in [0.4, 0.5) is 16.3 Å². The van der Waals surface area contributed by atoms with Gasteiger partial charge in [-0.3, -0.25) is 14.7 Å². The van der Waals surface area contributed by atoms with E-state index in [1.807, 2.05) is 63.2 Å². The summed E-state index contributed by atoms with van der Waals surface area (Å²) in [7, 11) is 0. The maximum absolute atomic E-state index is 14.2. The van der Waals surface area contributed by atoms with Crippen molar-refractivity contribution in [1.82, 2.24) is 36.1 Å². The number of carbonyl (C=O) groups excluding carboxylic acids is 3. The van der Waals surface area contributed by atoms with Crippen molar-refractivity contribution in [2.75, 3.05) is 17.2 Å². The van der Waals surface area contributed by atoms with Gasteiger partial charge in [0.15, 0.2) is 5.82 Å². The Bertz CT molecular complexity index is 1940. The Morgan fingerprint density at radius 2 is 1.66 bits per heavy atom. The van der Waals surface area contributed by atoms with Crippen LogP contribution in [0.3, 0.4) is 0 Å². The third-order valence-corrected chi connectivity index (χ3v) is 8.95. The number of alkyl carbamates (subject to hydrolysis) is 1. The largest absolute Gasteiger partial charge is 0.444 e. The van der Waals surface area contributed by atoms with Crippen LogP contribution in [0.5, 0.6) is 0 Å². The van der Waals surface area contributed by atoms with E-state index in [0.29, 0.717) is 42.3 Å². The lowest BCUT2D eigenvalue weighted by atomic mass is 9.81. The zero-order valence-electron chi connectivity index (χ0n) is 28.3. The molecule has 1 aliphatic rings. The first-order valence-corrected chi connectivity index (χ1v) is 16.7. The highest BCUT2D eigenvalue weighted by atomic mass is 16.6. The molecule has 1 saturated carbocycles. The van der Waals surface area contributed by atoms with Gasteiger partial charge < -0.3 is 21.5 Å². The molecule has 50 heavy (non-hydrogen) atoms. The van der Waals surface area contributed by atoms with E-state index in [4.69, 9.17) is 16.2 Å². The lowest BCUT2D eigenvalue weighted by molar-refractivity contribution is -0.130. The maximum Gasteiger partial charge on any atom is 0.407 e. The standard InChI is InChI=1S/C36H42N10O4/c1-36(2,3)50-35(49)39-20-22-9-13-25(14-10-22)33(47)46(26-17-15-24(16-18-26)32-42-44-45-43-32)34(48)28(37)19-21-7-11-23(12-8-21)27-5-4-6-29-30(27)31(38)41-40-29/h4-8,11-12,15-18,22,25,28H,9-10,13-14,19-20,37H2,1-3H3,(H,39,49)(H3,38,40,41)(H,42,43,44,45)/t22?,25?,28-/m0/s1. The fourth-order valence-electron chi connectivity index (χ4n) is 6.41. The van der Waals surface area contributed by atoms with E-state index >= 15 is 0 Å². The number of benzene rings is 3. The van der Waals surface area contributed by atoms with Crippen LogP contribution in [-0.4, -0.2) is 66.9 Å². The number of imide groups is 1. The Labute approximate surface area is 289 Å². The van der Waals surface area contributed by atoms with Gasteiger partial charge in [0.25, 0.3) is 5.91 Å². The number of carbonyl (C=O) groups is 3. The van der Waals surface area contributed by atoms with Crippen LogP contribution in [0.25, 0.3) is 33.4 Å². The van der Waals surface area contributed by atoms with Gasteiger partial charge in [-0.25, -0.2) is 9.69 Å². The highest BCUT2D eigenvalue weighted by Crippen LogP contribution is 2.33. The number of nitrogen functional groups attached to an aromatic ring is 1. The van der Waals surface area contributed by atoms with Crippen LogP contribution in [0, 0.1) is 11.8 Å². The van der Waals surface area contributed by atoms with E-state index in [1.165, 1.54) is 4.90 Å². The Balaban J connectivity index is 1.16. The number of hydrogen-bond acceptors (Lipinski definition) is 10. The molecule has 1 aliphatic carbocycles. The first-order chi connectivity index (χ1) is 24.0. The SMILES string of the molecule is CC(C)(C)OC(=O)NCC1CCC(C(=O)N(C(=O)[C@@H](N)Cc2ccc(-c3cccc4[nH]nc(N)c34)cc2)c2ccc(-c3nn[nH]n3)cc2)CC1. The number of ether oxygens (including phenoxy) is 1. The minimum Gasteiger partial charge on any atom is -0.444 e. The van der Waals surface area contributed by atoms with E-state index in [-0.39, 0.29) is 24.2 Å². The summed E-state index contributed by atoms with van der Waals surface area (Å²) >= 11 is 0. The predicted molar refractivity (Wildman–Crippen MR) is 189 cm³/mol. The fraction of sp³-hybridized carbons (Fsp3) is 0.361. The third-order valence-electron chi connectivity index (χ3n) is 8.95. The number of rotatable bonds is 9. The molecule has 2 aromatic heterocycles. The van der Waals surface area contributed by atoms with Gasteiger partial charge in [-0.1, -0.05) is 36.4 Å². The Morgan fingerprint density at radius 3 is 2.32 bits per heavy atom. The summed E-state index contributed by atoms with van der Waals surface area (Å²) in [5, 5.41) is 24.8. The van der Waals surface area contributed by atoms with Gasteiger partial charge in [-0.15, -0.1) is 10.2 Å². The predicted octanol–water partition coefficient (Wildman–Crippen LogP) is 4.75. The van der Waals surface area contributed by atoms with Crippen LogP contribution in [0.1, 0.15) is 52.0 Å². The summed E-state index contributed by atoms with van der Waals surface area (Å²) in [5.74, 6) is -0.141. The quantitative estimate of drug-likeness (QED) is 0.144. The van der Waals surface area contributed by atoms with Crippen molar-refractivity contribution in [3.05, 3.63) is 72.3 Å². The van der Waals surface area contributed by atoms with Crippen molar-refractivity contribution in [3.8, 4) is 22.5 Å². The van der Waals surface area contributed by atoms with Gasteiger partial charge >= 0.3 is 6.09 Å². The van der Waals surface area contributed by atoms with Crippen LogP contribution in [0.2, 0.25) is 0 Å². The molecule has 0 spiro atoms. The second kappa shape index (κ2) is 14.5. The van der Waals surface area contributed by atoms with Crippen molar-refractivity contribution in [2.45, 2.75) is 64.5 Å². The molecule has 5 aromatic rings. The zero-order chi connectivity index (χ0) is 35.4. The number of anilines is 2. The van der Waals surface area contributed by atoms with Crippen molar-refractivity contribution < 1.29 is 19.1 Å². The van der Waals surface area contributed by atoms with Crippen molar-refractivity contribution in [1.29, 1.82) is 0 Å². The van der Waals surface area contributed by atoms with Crippen LogP contribution in [-0.2, 0) is 20.7 Å². The highest BCUT2D eigenvalue weighted by molar-refractivity contribution is 6.17. The van der Waals surface area contributed by atoms with Crippen molar-refractivity contribution in [3.63, 3.8) is 0 Å². The molecule has 3 aromatic carbocycles. The summed E-state index contributed by atoms with van der Waals surface area (Å²) in [6.45, 7) is 5.92. The number of nitrogens with one attached hydrogen (secondary N) is 3. The van der Waals surface area contributed by atoms with Crippen LogP contribution < -0.4 is 21.7 Å². The van der Waals surface area contributed by atoms with Crippen molar-refractivity contribution >= 4 is 40.3 Å². The fourth-order valence-corrected chi connectivity index (χ4v) is 6.41. The smallest absolute Gasteiger partial charge is 0.407 e. The molecule has 0 saturated heterocycles. The van der Waals surface area contributed by atoms with Gasteiger partial charge in [-0.05, 0) is 111 Å². The monoisotopic (exact) mass is 678 g/mol. The minimum absolute atomic E-state index is 0.201. The highest BCUT2D eigenvalue weighted by Gasteiger charge is 2.35. The molecule has 0 bridgehead atoms. The third kappa shape index (κ3) is 7.81. The number of amides is 3. The van der Waals surface area contributed by atoms with Gasteiger partial charge in [0.05, 0.1) is 22.6 Å². The number of tetrazole rings is 1. The Morgan fingerprint density at radius 1 is 0.960 bits per heavy atom. The zero-order valence-corrected chi connectivity index (χ0v) is 28.3. The second-order valence-corrected chi connectivity index (χ2v) is 13.7. The van der Waals surface area contributed by atoms with E-state index in [2.05, 4.69) is 36.1 Å². The summed E-state index contributed by atoms with van der Waals surface area (Å²) in [6, 6.07) is 19.5. The van der Waals surface area contributed by atoms with E-state index in [0.717, 1.165) is 40.4 Å². The lowest BCUT2D eigenvalue weighted by Crippen LogP contribution is -2.50. The second-order valence-electron chi connectivity index (χ2n) is 13.7. The van der Waals surface area contributed by atoms with E-state index in [9.17, 15) is 14.4 Å². The van der Waals surface area contributed by atoms with E-state index < -0.39 is 23.6 Å². The number of H-pyrrole nitrogens is 2. The number of aromatic nitrogens is 6. The average molecular weight is 679 g/mol. The molecule has 1 atom stereocenters. The topological polar surface area (TPSA) is 211 Å². The molecule has 6 rings (SSSR count). The van der Waals surface area contributed by atoms with Gasteiger partial charge in [0.2, 0.25) is 11.7 Å². The molecule has 260 valence electrons. The van der Waals surface area contributed by atoms with Crippen molar-refractivity contribution in [2.24, 2.45) is 17.6 Å². The molecule has 3 amide bonds. The minimum atomic E-state index is -0.982. The molecule has 1 fully saturated rings. The molecule has 14 nitrogen and oxygen atoms in total. The number of fused-ring (bicyclic) bond motifs is 1. The number of hydrogen-bond donors (Lipinski definition) is 5. The average Bonchev–Trinajstić information content (AvgIpc) is 3.78. The molecule has 7 N–H and O–H groups in total. The maximum atomic E-state index is 14.2. The summed E-state index contributed by atoms with van der Waals surface area (Å²) < 4.78 is 5.35.